The van der Waals surface area contributed by atoms with Gasteiger partial charge in [0.1, 0.15) is 0 Å². The number of hydrogen-bond acceptors (Lipinski definition) is 4. The van der Waals surface area contributed by atoms with E-state index in [0.29, 0.717) is 24.6 Å². The van der Waals surface area contributed by atoms with Crippen LogP contribution in [0, 0.1) is 11.7 Å². The van der Waals surface area contributed by atoms with Gasteiger partial charge in [-0.25, -0.2) is 4.39 Å². The van der Waals surface area contributed by atoms with Crippen LogP contribution in [0.4, 0.5) is 4.39 Å². The van der Waals surface area contributed by atoms with Crippen molar-refractivity contribution in [3.05, 3.63) is 29.6 Å². The van der Waals surface area contributed by atoms with E-state index in [1.165, 1.54) is 38.5 Å². The molecule has 1 spiro atoms. The third kappa shape index (κ3) is 3.78. The van der Waals surface area contributed by atoms with Crippen molar-refractivity contribution in [2.75, 3.05) is 26.8 Å². The van der Waals surface area contributed by atoms with Gasteiger partial charge in [-0.15, -0.1) is 0 Å². The highest BCUT2D eigenvalue weighted by atomic mass is 19.1. The molecule has 6 nitrogen and oxygen atoms in total. The lowest BCUT2D eigenvalue weighted by Gasteiger charge is -2.62. The minimum atomic E-state index is -0.532. The molecule has 0 N–H and O–H groups in total. The van der Waals surface area contributed by atoms with Gasteiger partial charge in [0.05, 0.1) is 19.3 Å². The molecule has 2 saturated heterocycles. The Bertz CT molecular complexity index is 873. The predicted molar refractivity (Wildman–Crippen MR) is 117 cm³/mol. The smallest absolute Gasteiger partial charge is 0.254 e. The molecular weight excluding hydrogens is 411 g/mol. The number of hydrogen-bond donors (Lipinski definition) is 0. The molecule has 2 amide bonds. The van der Waals surface area contributed by atoms with Crippen molar-refractivity contribution in [3.8, 4) is 5.75 Å². The highest BCUT2D eigenvalue weighted by Crippen LogP contribution is 2.48. The number of amides is 2. The van der Waals surface area contributed by atoms with E-state index >= 15 is 0 Å². The number of likely N-dealkylation sites (tertiary alicyclic amines) is 2. The predicted octanol–water partition coefficient (Wildman–Crippen LogP) is 3.78. The van der Waals surface area contributed by atoms with Crippen molar-refractivity contribution in [1.82, 2.24) is 9.80 Å². The Labute approximate surface area is 189 Å². The molecular formula is C25H33FN2O4. The Kier molecular flexibility index (Phi) is 5.86. The van der Waals surface area contributed by atoms with Gasteiger partial charge in [0.15, 0.2) is 17.7 Å². The first-order valence-corrected chi connectivity index (χ1v) is 12.1. The van der Waals surface area contributed by atoms with Gasteiger partial charge in [-0.2, -0.15) is 0 Å². The Morgan fingerprint density at radius 3 is 2.47 bits per heavy atom. The summed E-state index contributed by atoms with van der Waals surface area (Å²) in [5.41, 5.74) is 0.194. The lowest BCUT2D eigenvalue weighted by atomic mass is 9.68. The summed E-state index contributed by atoms with van der Waals surface area (Å²) in [7, 11) is 1.41. The van der Waals surface area contributed by atoms with E-state index in [9.17, 15) is 14.0 Å². The fourth-order valence-corrected chi connectivity index (χ4v) is 5.90. The Morgan fingerprint density at radius 1 is 1.12 bits per heavy atom. The minimum absolute atomic E-state index is 0.132. The first-order chi connectivity index (χ1) is 15.5. The maximum absolute atomic E-state index is 14.0. The van der Waals surface area contributed by atoms with Crippen LogP contribution < -0.4 is 4.74 Å². The highest BCUT2D eigenvalue weighted by molar-refractivity contribution is 5.94. The molecule has 0 bridgehead atoms. The molecule has 32 heavy (non-hydrogen) atoms. The van der Waals surface area contributed by atoms with Gasteiger partial charge in [-0.3, -0.25) is 9.59 Å². The molecule has 2 aliphatic heterocycles. The van der Waals surface area contributed by atoms with Gasteiger partial charge in [-0.1, -0.05) is 19.3 Å². The summed E-state index contributed by atoms with van der Waals surface area (Å²) >= 11 is 0. The van der Waals surface area contributed by atoms with E-state index in [1.807, 2.05) is 0 Å². The highest BCUT2D eigenvalue weighted by Gasteiger charge is 2.62. The molecule has 4 fully saturated rings. The fourth-order valence-electron chi connectivity index (χ4n) is 5.90. The summed E-state index contributed by atoms with van der Waals surface area (Å²) in [6.07, 6.45) is 9.26. The third-order valence-electron chi connectivity index (χ3n) is 7.86. The zero-order valence-corrected chi connectivity index (χ0v) is 18.9. The average molecular weight is 445 g/mol. The number of β-lactam (4-membered cyclic amide) rings is 1. The second-order valence-corrected chi connectivity index (χ2v) is 9.90. The van der Waals surface area contributed by atoms with Gasteiger partial charge in [-0.05, 0) is 62.6 Å². The van der Waals surface area contributed by atoms with Gasteiger partial charge in [0, 0.05) is 24.7 Å². The van der Waals surface area contributed by atoms with Crippen molar-refractivity contribution >= 4 is 11.8 Å². The quantitative estimate of drug-likeness (QED) is 0.627. The summed E-state index contributed by atoms with van der Waals surface area (Å²) in [5, 5.41) is 0. The van der Waals surface area contributed by atoms with Crippen molar-refractivity contribution in [2.45, 2.75) is 75.5 Å². The van der Waals surface area contributed by atoms with Crippen LogP contribution in [0.1, 0.15) is 68.1 Å². The van der Waals surface area contributed by atoms with Gasteiger partial charge >= 0.3 is 0 Å². The number of piperidine rings is 1. The third-order valence-corrected chi connectivity index (χ3v) is 7.86. The Hall–Kier alpha value is -2.15. The van der Waals surface area contributed by atoms with Crippen LogP contribution in [-0.2, 0) is 9.53 Å². The second-order valence-electron chi connectivity index (χ2n) is 9.90. The van der Waals surface area contributed by atoms with Gasteiger partial charge in [0.2, 0.25) is 0 Å². The lowest BCUT2D eigenvalue weighted by molar-refractivity contribution is -0.211. The van der Waals surface area contributed by atoms with Crippen LogP contribution >= 0.6 is 0 Å². The summed E-state index contributed by atoms with van der Waals surface area (Å²) in [6.45, 7) is 1.87. The molecule has 1 atom stereocenters. The largest absolute Gasteiger partial charge is 0.494 e. The van der Waals surface area contributed by atoms with Crippen LogP contribution in [0.25, 0.3) is 0 Å². The van der Waals surface area contributed by atoms with E-state index < -0.39 is 5.82 Å². The first-order valence-electron chi connectivity index (χ1n) is 12.1. The number of benzene rings is 1. The Morgan fingerprint density at radius 2 is 1.84 bits per heavy atom. The molecule has 0 radical (unpaired) electrons. The SMILES string of the molecule is COc1ccc(C(=O)N2CCC(N3C(=O)C(OCC4CC4)C34CCCCC4)CC2)cc1F. The summed E-state index contributed by atoms with van der Waals surface area (Å²) in [5.74, 6) is 0.228. The van der Waals surface area contributed by atoms with Crippen molar-refractivity contribution < 1.29 is 23.5 Å². The van der Waals surface area contributed by atoms with Crippen LogP contribution in [0.3, 0.4) is 0 Å². The number of nitrogens with zero attached hydrogens (tertiary/aromatic N) is 2. The first kappa shape index (κ1) is 21.7. The topological polar surface area (TPSA) is 59.1 Å². The van der Waals surface area contributed by atoms with E-state index in [2.05, 4.69) is 4.90 Å². The van der Waals surface area contributed by atoms with E-state index in [1.54, 1.807) is 11.0 Å². The van der Waals surface area contributed by atoms with E-state index in [0.717, 1.165) is 45.1 Å². The monoisotopic (exact) mass is 444 g/mol. The molecule has 2 heterocycles. The van der Waals surface area contributed by atoms with Crippen LogP contribution in [-0.4, -0.2) is 66.1 Å². The van der Waals surface area contributed by atoms with Crippen molar-refractivity contribution in [2.24, 2.45) is 5.92 Å². The molecule has 5 rings (SSSR count). The molecule has 174 valence electrons. The zero-order valence-electron chi connectivity index (χ0n) is 18.9. The molecule has 2 aliphatic carbocycles. The number of carbonyl (C=O) groups is 2. The fraction of sp³-hybridized carbons (Fsp3) is 0.680. The number of rotatable bonds is 6. The number of halogens is 1. The molecule has 1 aromatic rings. The minimum Gasteiger partial charge on any atom is -0.494 e. The van der Waals surface area contributed by atoms with E-state index in [-0.39, 0.29) is 35.2 Å². The zero-order chi connectivity index (χ0) is 22.3. The number of carbonyl (C=O) groups excluding carboxylic acids is 2. The Balaban J connectivity index is 1.23. The van der Waals surface area contributed by atoms with Gasteiger partial charge < -0.3 is 19.3 Å². The molecule has 2 saturated carbocycles. The number of ether oxygens (including phenoxy) is 2. The van der Waals surface area contributed by atoms with Gasteiger partial charge in [0.25, 0.3) is 11.8 Å². The van der Waals surface area contributed by atoms with E-state index in [4.69, 9.17) is 9.47 Å². The molecule has 1 aromatic carbocycles. The maximum atomic E-state index is 14.0. The standard InChI is InChI=1S/C25H33FN2O4/c1-31-21-8-7-18(15-20(21)26)23(29)27-13-9-19(10-14-27)28-24(30)22(32-16-17-5-6-17)25(28)11-3-2-4-12-25/h7-8,15,17,19,22H,2-6,9-14,16H2,1H3. The number of methoxy groups -OCH3 is 1. The van der Waals surface area contributed by atoms with Crippen molar-refractivity contribution in [1.29, 1.82) is 0 Å². The summed E-state index contributed by atoms with van der Waals surface area (Å²) < 4.78 is 25.2. The maximum Gasteiger partial charge on any atom is 0.254 e. The van der Waals surface area contributed by atoms with Crippen LogP contribution in [0.15, 0.2) is 18.2 Å². The molecule has 1 unspecified atom stereocenters. The second kappa shape index (κ2) is 8.65. The summed E-state index contributed by atoms with van der Waals surface area (Å²) in [6, 6.07) is 4.49. The molecule has 0 aromatic heterocycles. The van der Waals surface area contributed by atoms with Crippen molar-refractivity contribution in [3.63, 3.8) is 0 Å². The van der Waals surface area contributed by atoms with Crippen LogP contribution in [0.5, 0.6) is 5.75 Å². The molecule has 4 aliphatic rings. The average Bonchev–Trinajstić information content (AvgIpc) is 3.64. The summed E-state index contributed by atoms with van der Waals surface area (Å²) in [4.78, 5) is 30.0. The van der Waals surface area contributed by atoms with Crippen LogP contribution in [0.2, 0.25) is 0 Å². The normalized spacial score (nSPS) is 25.7. The molecule has 7 heteroatoms. The lowest BCUT2D eigenvalue weighted by Crippen LogP contribution is -2.78.